The first-order valence-corrected chi connectivity index (χ1v) is 9.98. The summed E-state index contributed by atoms with van der Waals surface area (Å²) in [6.45, 7) is -0.473. The third-order valence-electron chi connectivity index (χ3n) is 5.02. The van der Waals surface area contributed by atoms with Gasteiger partial charge in [-0.3, -0.25) is 9.80 Å². The zero-order valence-corrected chi connectivity index (χ0v) is 17.9. The van der Waals surface area contributed by atoms with Crippen LogP contribution >= 0.6 is 11.6 Å². The van der Waals surface area contributed by atoms with Gasteiger partial charge in [-0.25, -0.2) is 19.3 Å². The highest BCUT2D eigenvalue weighted by Crippen LogP contribution is 2.39. The zero-order chi connectivity index (χ0) is 25.7. The predicted octanol–water partition coefficient (Wildman–Crippen LogP) is 5.10. The van der Waals surface area contributed by atoms with Crippen molar-refractivity contribution in [2.75, 3.05) is 22.9 Å². The molecule has 1 saturated heterocycles. The third-order valence-corrected chi connectivity index (χ3v) is 5.32. The van der Waals surface area contributed by atoms with Gasteiger partial charge in [-0.2, -0.15) is 26.3 Å². The summed E-state index contributed by atoms with van der Waals surface area (Å²) < 4.78 is 80.1. The highest BCUT2D eigenvalue weighted by Gasteiger charge is 2.40. The van der Waals surface area contributed by atoms with Crippen molar-refractivity contribution in [3.8, 4) is 5.82 Å². The van der Waals surface area contributed by atoms with Crippen molar-refractivity contribution in [2.24, 2.45) is 0 Å². The second-order valence-corrected chi connectivity index (χ2v) is 7.67. The molecule has 0 saturated carbocycles. The number of carbonyl (C=O) groups is 2. The van der Waals surface area contributed by atoms with Gasteiger partial charge in [0, 0.05) is 31.0 Å². The summed E-state index contributed by atoms with van der Waals surface area (Å²) in [4.78, 5) is 30.3. The molecule has 1 aliphatic rings. The Morgan fingerprint density at radius 2 is 1.57 bits per heavy atom. The van der Waals surface area contributed by atoms with E-state index in [9.17, 15) is 41.0 Å². The molecule has 1 aliphatic heterocycles. The van der Waals surface area contributed by atoms with Crippen molar-refractivity contribution >= 4 is 35.1 Å². The first-order chi connectivity index (χ1) is 16.3. The Morgan fingerprint density at radius 3 is 2.11 bits per heavy atom. The van der Waals surface area contributed by atoms with Crippen molar-refractivity contribution in [1.29, 1.82) is 0 Å². The molecule has 3 heterocycles. The van der Waals surface area contributed by atoms with E-state index in [1.165, 1.54) is 18.3 Å². The van der Waals surface area contributed by atoms with E-state index in [0.29, 0.717) is 12.1 Å². The van der Waals surface area contributed by atoms with Crippen LogP contribution in [0.25, 0.3) is 5.82 Å². The SMILES string of the molecule is O=C(O)c1cc(N2CCN(c3cc(C(F)(F)F)cc(C(F)(F)F)c3)C2=O)nn1-c1ncccc1Cl. The minimum absolute atomic E-state index is 0.0424. The molecule has 8 nitrogen and oxygen atoms in total. The second kappa shape index (κ2) is 8.45. The topological polar surface area (TPSA) is 91.6 Å². The number of halogens is 7. The van der Waals surface area contributed by atoms with Gasteiger partial charge in [-0.15, -0.1) is 5.10 Å². The molecule has 35 heavy (non-hydrogen) atoms. The molecule has 0 aliphatic carbocycles. The average Bonchev–Trinajstić information content (AvgIpc) is 3.36. The van der Waals surface area contributed by atoms with Gasteiger partial charge in [0.25, 0.3) is 0 Å². The summed E-state index contributed by atoms with van der Waals surface area (Å²) in [6.07, 6.45) is -8.85. The van der Waals surface area contributed by atoms with E-state index in [-0.39, 0.29) is 35.8 Å². The number of alkyl halides is 6. The van der Waals surface area contributed by atoms with Crippen LogP contribution in [0, 0.1) is 0 Å². The van der Waals surface area contributed by atoms with E-state index >= 15 is 0 Å². The molecule has 0 bridgehead atoms. The molecule has 15 heteroatoms. The Balaban J connectivity index is 1.73. The summed E-state index contributed by atoms with van der Waals surface area (Å²) in [5.74, 6) is -1.71. The number of carbonyl (C=O) groups excluding carboxylic acids is 1. The molecule has 0 atom stereocenters. The Bertz CT molecular complexity index is 1290. The van der Waals surface area contributed by atoms with Crippen LogP contribution < -0.4 is 9.80 Å². The van der Waals surface area contributed by atoms with Crippen molar-refractivity contribution < 1.29 is 41.0 Å². The monoisotopic (exact) mass is 519 g/mol. The average molecular weight is 520 g/mol. The predicted molar refractivity (Wildman–Crippen MR) is 110 cm³/mol. The lowest BCUT2D eigenvalue weighted by Gasteiger charge is -2.20. The highest BCUT2D eigenvalue weighted by atomic mass is 35.5. The number of pyridine rings is 1. The zero-order valence-electron chi connectivity index (χ0n) is 17.1. The minimum Gasteiger partial charge on any atom is -0.477 e. The number of benzene rings is 1. The van der Waals surface area contributed by atoms with Crippen LogP contribution in [0.4, 0.5) is 42.6 Å². The summed E-state index contributed by atoms with van der Waals surface area (Å²) in [7, 11) is 0. The number of aromatic nitrogens is 3. The Kier molecular flexibility index (Phi) is 5.87. The number of hydrogen-bond acceptors (Lipinski definition) is 4. The number of aromatic carboxylic acids is 1. The van der Waals surface area contributed by atoms with E-state index in [1.807, 2.05) is 0 Å². The van der Waals surface area contributed by atoms with Gasteiger partial charge >= 0.3 is 24.4 Å². The first kappa shape index (κ1) is 24.3. The molecule has 184 valence electrons. The molecule has 3 aromatic rings. The fraction of sp³-hybridized carbons (Fsp3) is 0.200. The summed E-state index contributed by atoms with van der Waals surface area (Å²) in [5, 5.41) is 13.6. The largest absolute Gasteiger partial charge is 0.477 e. The Morgan fingerprint density at radius 1 is 0.971 bits per heavy atom. The van der Waals surface area contributed by atoms with Gasteiger partial charge in [0.2, 0.25) is 0 Å². The lowest BCUT2D eigenvalue weighted by molar-refractivity contribution is -0.143. The van der Waals surface area contributed by atoms with Crippen LogP contribution in [0.2, 0.25) is 5.02 Å². The van der Waals surface area contributed by atoms with Crippen LogP contribution in [0.5, 0.6) is 0 Å². The molecular weight excluding hydrogens is 508 g/mol. The molecule has 0 radical (unpaired) electrons. The van der Waals surface area contributed by atoms with Crippen LogP contribution in [-0.4, -0.2) is 45.0 Å². The minimum atomic E-state index is -5.09. The lowest BCUT2D eigenvalue weighted by Crippen LogP contribution is -2.32. The van der Waals surface area contributed by atoms with Gasteiger partial charge in [-0.05, 0) is 30.3 Å². The van der Waals surface area contributed by atoms with Crippen molar-refractivity contribution in [1.82, 2.24) is 14.8 Å². The van der Waals surface area contributed by atoms with Crippen LogP contribution in [-0.2, 0) is 12.4 Å². The fourth-order valence-electron chi connectivity index (χ4n) is 3.43. The summed E-state index contributed by atoms with van der Waals surface area (Å²) in [5.41, 5.74) is -4.19. The number of rotatable bonds is 4. The number of nitrogens with zero attached hydrogens (tertiary/aromatic N) is 5. The fourth-order valence-corrected chi connectivity index (χ4v) is 3.63. The quantitative estimate of drug-likeness (QED) is 0.484. The third kappa shape index (κ3) is 4.60. The molecule has 4 rings (SSSR count). The maximum atomic E-state index is 13.2. The molecule has 2 aromatic heterocycles. The van der Waals surface area contributed by atoms with Gasteiger partial charge < -0.3 is 5.11 Å². The van der Waals surface area contributed by atoms with Crippen molar-refractivity contribution in [3.05, 3.63) is 64.4 Å². The molecule has 1 fully saturated rings. The molecule has 0 unspecified atom stereocenters. The van der Waals surface area contributed by atoms with Crippen LogP contribution in [0.1, 0.15) is 21.6 Å². The Hall–Kier alpha value is -3.81. The van der Waals surface area contributed by atoms with E-state index in [2.05, 4.69) is 10.1 Å². The van der Waals surface area contributed by atoms with Gasteiger partial charge in [0.1, 0.15) is 0 Å². The van der Waals surface area contributed by atoms with Gasteiger partial charge in [0.15, 0.2) is 17.3 Å². The van der Waals surface area contributed by atoms with Gasteiger partial charge in [-0.1, -0.05) is 11.6 Å². The van der Waals surface area contributed by atoms with E-state index in [4.69, 9.17) is 11.6 Å². The standard InChI is InChI=1S/C20H12ClF6N5O3/c21-13-2-1-3-28-16(13)32-14(17(33)34)9-15(29-32)31-5-4-30(18(31)35)12-7-10(19(22,23)24)6-11(8-12)20(25,26)27/h1-3,6-9H,4-5H2,(H,33,34). The maximum Gasteiger partial charge on any atom is 0.416 e. The number of carboxylic acids is 1. The van der Waals surface area contributed by atoms with Crippen molar-refractivity contribution in [2.45, 2.75) is 12.4 Å². The highest BCUT2D eigenvalue weighted by molar-refractivity contribution is 6.32. The molecular formula is C20H12ClF6N5O3. The molecule has 2 amide bonds. The summed E-state index contributed by atoms with van der Waals surface area (Å²) >= 11 is 6.05. The van der Waals surface area contributed by atoms with E-state index in [1.54, 1.807) is 0 Å². The first-order valence-electron chi connectivity index (χ1n) is 9.60. The number of anilines is 2. The number of hydrogen-bond donors (Lipinski definition) is 1. The molecule has 1 N–H and O–H groups in total. The number of amides is 2. The number of carboxylic acid groups (broad SMARTS) is 1. The Labute approximate surface area is 196 Å². The second-order valence-electron chi connectivity index (χ2n) is 7.26. The normalized spacial score (nSPS) is 14.7. The molecule has 0 spiro atoms. The maximum absolute atomic E-state index is 13.2. The van der Waals surface area contributed by atoms with Crippen LogP contribution in [0.15, 0.2) is 42.6 Å². The lowest BCUT2D eigenvalue weighted by atomic mass is 10.1. The van der Waals surface area contributed by atoms with Gasteiger partial charge in [0.05, 0.1) is 16.1 Å². The van der Waals surface area contributed by atoms with E-state index < -0.39 is 46.9 Å². The smallest absolute Gasteiger partial charge is 0.416 e. The summed E-state index contributed by atoms with van der Waals surface area (Å²) in [6, 6.07) is 3.76. The molecule has 1 aromatic carbocycles. The van der Waals surface area contributed by atoms with Crippen LogP contribution in [0.3, 0.4) is 0 Å². The van der Waals surface area contributed by atoms with E-state index in [0.717, 1.165) is 20.5 Å². The number of urea groups is 1. The van der Waals surface area contributed by atoms with Crippen molar-refractivity contribution in [3.63, 3.8) is 0 Å².